The number of anilines is 1. The second-order valence-corrected chi connectivity index (χ2v) is 4.86. The molecule has 6 nitrogen and oxygen atoms in total. The maximum absolute atomic E-state index is 12.0. The van der Waals surface area contributed by atoms with Gasteiger partial charge in [-0.1, -0.05) is 0 Å². The molecule has 2 heterocycles. The minimum atomic E-state index is -0.287. The highest BCUT2D eigenvalue weighted by Gasteiger charge is 2.10. The molecule has 2 rings (SSSR count). The van der Waals surface area contributed by atoms with Gasteiger partial charge in [-0.3, -0.25) is 4.79 Å². The zero-order valence-corrected chi connectivity index (χ0v) is 12.0. The van der Waals surface area contributed by atoms with Crippen LogP contribution in [0.1, 0.15) is 16.2 Å². The number of hydrogen-bond donors (Lipinski definition) is 2. The normalized spacial score (nSPS) is 10.5. The van der Waals surface area contributed by atoms with Gasteiger partial charge in [-0.15, -0.1) is 0 Å². The number of amides is 1. The number of pyridine rings is 1. The number of carbonyl (C=O) groups is 1. The van der Waals surface area contributed by atoms with Gasteiger partial charge >= 0.3 is 0 Å². The highest BCUT2D eigenvalue weighted by molar-refractivity contribution is 9.10. The van der Waals surface area contributed by atoms with Crippen molar-refractivity contribution in [3.8, 4) is 0 Å². The Morgan fingerprint density at radius 3 is 3.00 bits per heavy atom. The van der Waals surface area contributed by atoms with E-state index in [0.717, 1.165) is 10.2 Å². The molecule has 0 spiro atoms. The fraction of sp³-hybridized carbons (Fsp3) is 0.250. The van der Waals surface area contributed by atoms with E-state index in [9.17, 15) is 4.79 Å². The quantitative estimate of drug-likeness (QED) is 0.894. The van der Waals surface area contributed by atoms with Crippen LogP contribution in [0.5, 0.6) is 0 Å². The molecule has 0 aliphatic rings. The zero-order valence-electron chi connectivity index (χ0n) is 10.4. The fourth-order valence-corrected chi connectivity index (χ4v) is 1.76. The number of nitrogens with zero attached hydrogens (tertiary/aromatic N) is 3. The molecule has 19 heavy (non-hydrogen) atoms. The van der Waals surface area contributed by atoms with Gasteiger partial charge in [0.2, 0.25) is 0 Å². The molecule has 7 heteroatoms. The van der Waals surface area contributed by atoms with Gasteiger partial charge in [0.25, 0.3) is 5.91 Å². The van der Waals surface area contributed by atoms with E-state index in [2.05, 4.69) is 31.2 Å². The van der Waals surface area contributed by atoms with E-state index in [1.807, 2.05) is 13.0 Å². The van der Waals surface area contributed by atoms with Crippen LogP contribution in [-0.2, 0) is 6.54 Å². The number of aromatic nitrogens is 3. The summed E-state index contributed by atoms with van der Waals surface area (Å²) in [5.41, 5.74) is 6.59. The molecule has 0 saturated carbocycles. The lowest BCUT2D eigenvalue weighted by Gasteiger charge is -2.04. The zero-order chi connectivity index (χ0) is 13.8. The van der Waals surface area contributed by atoms with Crippen molar-refractivity contribution in [1.82, 2.24) is 14.5 Å². The summed E-state index contributed by atoms with van der Waals surface area (Å²) >= 11 is 3.36. The Morgan fingerprint density at radius 2 is 2.32 bits per heavy atom. The van der Waals surface area contributed by atoms with Crippen molar-refractivity contribution in [3.05, 3.63) is 40.5 Å². The van der Waals surface area contributed by atoms with Crippen LogP contribution >= 0.6 is 15.9 Å². The first-order valence-corrected chi connectivity index (χ1v) is 6.56. The third-order valence-electron chi connectivity index (χ3n) is 2.52. The van der Waals surface area contributed by atoms with E-state index < -0.39 is 0 Å². The second kappa shape index (κ2) is 5.94. The van der Waals surface area contributed by atoms with Crippen LogP contribution in [0.15, 0.2) is 29.1 Å². The third-order valence-corrected chi connectivity index (χ3v) is 3.35. The predicted molar refractivity (Wildman–Crippen MR) is 75.9 cm³/mol. The summed E-state index contributed by atoms with van der Waals surface area (Å²) in [5.74, 6) is 0.212. The molecule has 2 aromatic rings. The Bertz CT molecular complexity index is 596. The molecule has 0 saturated heterocycles. The fourth-order valence-electron chi connectivity index (χ4n) is 1.54. The highest BCUT2D eigenvalue weighted by Crippen LogP contribution is 2.16. The number of carbonyl (C=O) groups excluding carboxylic acids is 1. The highest BCUT2D eigenvalue weighted by atomic mass is 79.9. The number of rotatable bonds is 4. The molecular weight excluding hydrogens is 310 g/mol. The Hall–Kier alpha value is -1.73. The molecular formula is C12H14BrN5O. The summed E-state index contributed by atoms with van der Waals surface area (Å²) in [7, 11) is 0. The minimum absolute atomic E-state index is 0.287. The first-order valence-electron chi connectivity index (χ1n) is 5.76. The lowest BCUT2D eigenvalue weighted by Crippen LogP contribution is -2.14. The molecule has 0 aliphatic heterocycles. The van der Waals surface area contributed by atoms with Crippen LogP contribution < -0.4 is 11.1 Å². The van der Waals surface area contributed by atoms with Gasteiger partial charge in [0, 0.05) is 23.8 Å². The third kappa shape index (κ3) is 3.39. The van der Waals surface area contributed by atoms with Crippen LogP contribution in [0.25, 0.3) is 0 Å². The lowest BCUT2D eigenvalue weighted by atomic mass is 10.3. The van der Waals surface area contributed by atoms with Crippen LogP contribution in [0, 0.1) is 6.92 Å². The molecule has 0 fully saturated rings. The maximum atomic E-state index is 12.0. The summed E-state index contributed by atoms with van der Waals surface area (Å²) < 4.78 is 2.67. The van der Waals surface area contributed by atoms with Gasteiger partial charge < -0.3 is 15.6 Å². The van der Waals surface area contributed by atoms with E-state index in [1.54, 1.807) is 23.2 Å². The predicted octanol–water partition coefficient (Wildman–Crippen LogP) is 1.56. The first-order chi connectivity index (χ1) is 9.10. The van der Waals surface area contributed by atoms with Crippen molar-refractivity contribution in [3.63, 3.8) is 0 Å². The Kier molecular flexibility index (Phi) is 4.28. The van der Waals surface area contributed by atoms with Gasteiger partial charge in [-0.2, -0.15) is 0 Å². The van der Waals surface area contributed by atoms with Crippen LogP contribution in [0.4, 0.5) is 5.82 Å². The van der Waals surface area contributed by atoms with Gasteiger partial charge in [0.15, 0.2) is 0 Å². The van der Waals surface area contributed by atoms with Crippen molar-refractivity contribution >= 4 is 27.7 Å². The Balaban J connectivity index is 2.09. The number of imidazole rings is 1. The van der Waals surface area contributed by atoms with Gasteiger partial charge in [-0.05, 0) is 35.0 Å². The number of halogens is 1. The van der Waals surface area contributed by atoms with E-state index in [1.165, 1.54) is 0 Å². The summed E-state index contributed by atoms with van der Waals surface area (Å²) in [6.07, 6.45) is 3.25. The monoisotopic (exact) mass is 323 g/mol. The molecule has 0 aliphatic carbocycles. The number of aryl methyl sites for hydroxylation is 1. The first kappa shape index (κ1) is 13.7. The molecule has 0 atom stereocenters. The minimum Gasteiger partial charge on any atom is -0.335 e. The van der Waals surface area contributed by atoms with E-state index in [-0.39, 0.29) is 5.91 Å². The number of nitrogens with two attached hydrogens (primary N) is 1. The van der Waals surface area contributed by atoms with Gasteiger partial charge in [-0.25, -0.2) is 9.97 Å². The summed E-state index contributed by atoms with van der Waals surface area (Å²) in [5, 5.41) is 2.70. The molecule has 0 radical (unpaired) electrons. The van der Waals surface area contributed by atoms with E-state index in [0.29, 0.717) is 24.6 Å². The molecule has 1 amide bonds. The van der Waals surface area contributed by atoms with E-state index in [4.69, 9.17) is 5.73 Å². The molecule has 2 aromatic heterocycles. The topological polar surface area (TPSA) is 85.8 Å². The van der Waals surface area contributed by atoms with Gasteiger partial charge in [0.1, 0.15) is 11.5 Å². The average Bonchev–Trinajstić information content (AvgIpc) is 2.83. The smallest absolute Gasteiger partial charge is 0.276 e. The Labute approximate surface area is 119 Å². The molecule has 0 unspecified atom stereocenters. The van der Waals surface area contributed by atoms with E-state index >= 15 is 0 Å². The van der Waals surface area contributed by atoms with Crippen molar-refractivity contribution < 1.29 is 4.79 Å². The lowest BCUT2D eigenvalue weighted by molar-refractivity contribution is 0.102. The maximum Gasteiger partial charge on any atom is 0.276 e. The van der Waals surface area contributed by atoms with Gasteiger partial charge in [0.05, 0.1) is 12.0 Å². The Morgan fingerprint density at radius 1 is 1.53 bits per heavy atom. The van der Waals surface area contributed by atoms with Crippen molar-refractivity contribution in [2.45, 2.75) is 13.5 Å². The molecule has 3 N–H and O–H groups in total. The SMILES string of the molecule is Cc1nc(NC(=O)c2cn(CCN)cn2)ccc1Br. The number of nitrogens with one attached hydrogen (secondary N) is 1. The van der Waals surface area contributed by atoms with Crippen molar-refractivity contribution in [2.24, 2.45) is 5.73 Å². The molecule has 0 aromatic carbocycles. The summed E-state index contributed by atoms with van der Waals surface area (Å²) in [6, 6.07) is 3.57. The largest absolute Gasteiger partial charge is 0.335 e. The number of hydrogen-bond acceptors (Lipinski definition) is 4. The van der Waals surface area contributed by atoms with Crippen molar-refractivity contribution in [2.75, 3.05) is 11.9 Å². The van der Waals surface area contributed by atoms with Crippen LogP contribution in [0.3, 0.4) is 0 Å². The second-order valence-electron chi connectivity index (χ2n) is 4.00. The van der Waals surface area contributed by atoms with Crippen LogP contribution in [-0.4, -0.2) is 27.0 Å². The van der Waals surface area contributed by atoms with Crippen molar-refractivity contribution in [1.29, 1.82) is 0 Å². The summed E-state index contributed by atoms with van der Waals surface area (Å²) in [4.78, 5) is 20.2. The molecule has 100 valence electrons. The average molecular weight is 324 g/mol. The van der Waals surface area contributed by atoms with Crippen LogP contribution in [0.2, 0.25) is 0 Å². The molecule has 0 bridgehead atoms. The standard InChI is InChI=1S/C12H14BrN5O/c1-8-9(13)2-3-11(16-8)17-12(19)10-6-18(5-4-14)7-15-10/h2-3,6-7H,4-5,14H2,1H3,(H,16,17,19). The summed E-state index contributed by atoms with van der Waals surface area (Å²) in [6.45, 7) is 3.00.